The van der Waals surface area contributed by atoms with E-state index in [0.29, 0.717) is 29.2 Å². The number of aryl methyl sites for hydroxylation is 1. The minimum absolute atomic E-state index is 0.195. The Morgan fingerprint density at radius 1 is 1.30 bits per heavy atom. The van der Waals surface area contributed by atoms with Crippen molar-refractivity contribution in [2.24, 2.45) is 14.1 Å². The lowest BCUT2D eigenvalue weighted by molar-refractivity contribution is 0.286. The summed E-state index contributed by atoms with van der Waals surface area (Å²) >= 11 is 0. The minimum atomic E-state index is -0.288. The molecule has 3 aromatic rings. The quantitative estimate of drug-likeness (QED) is 0.764. The molecule has 27 heavy (non-hydrogen) atoms. The molecule has 1 aliphatic rings. The van der Waals surface area contributed by atoms with Crippen molar-refractivity contribution in [1.82, 2.24) is 19.3 Å². The number of halogens is 1. The van der Waals surface area contributed by atoms with Crippen molar-refractivity contribution in [3.8, 4) is 16.9 Å². The normalized spacial score (nSPS) is 13.1. The highest BCUT2D eigenvalue weighted by atomic mass is 19.1. The molecule has 0 amide bonds. The molecule has 3 heterocycles. The van der Waals surface area contributed by atoms with Crippen molar-refractivity contribution >= 4 is 5.95 Å². The van der Waals surface area contributed by atoms with Crippen LogP contribution in [-0.4, -0.2) is 25.9 Å². The molecule has 1 aromatic carbocycles. The van der Waals surface area contributed by atoms with Gasteiger partial charge in [-0.1, -0.05) is 0 Å². The fourth-order valence-electron chi connectivity index (χ4n) is 3.31. The molecule has 0 spiro atoms. The third-order valence-electron chi connectivity index (χ3n) is 4.77. The Bertz CT molecular complexity index is 1060. The number of ether oxygens (including phenoxy) is 1. The van der Waals surface area contributed by atoms with Gasteiger partial charge in [0.05, 0.1) is 18.4 Å². The van der Waals surface area contributed by atoms with E-state index in [1.54, 1.807) is 37.2 Å². The molecule has 1 aliphatic heterocycles. The smallest absolute Gasteiger partial charge is 0.262 e. The number of anilines is 1. The predicted molar refractivity (Wildman–Crippen MR) is 99.2 cm³/mol. The van der Waals surface area contributed by atoms with Gasteiger partial charge in [-0.2, -0.15) is 5.10 Å². The number of benzene rings is 1. The van der Waals surface area contributed by atoms with E-state index in [4.69, 9.17) is 4.74 Å². The van der Waals surface area contributed by atoms with E-state index in [1.165, 1.54) is 16.8 Å². The van der Waals surface area contributed by atoms with E-state index in [1.807, 2.05) is 0 Å². The summed E-state index contributed by atoms with van der Waals surface area (Å²) in [7, 11) is 3.42. The summed E-state index contributed by atoms with van der Waals surface area (Å²) in [4.78, 5) is 17.0. The largest absolute Gasteiger partial charge is 0.493 e. The van der Waals surface area contributed by atoms with Gasteiger partial charge in [-0.3, -0.25) is 14.0 Å². The maximum Gasteiger partial charge on any atom is 0.262 e. The lowest BCUT2D eigenvalue weighted by atomic mass is 9.99. The van der Waals surface area contributed by atoms with Crippen molar-refractivity contribution < 1.29 is 9.13 Å². The van der Waals surface area contributed by atoms with E-state index in [2.05, 4.69) is 15.4 Å². The highest BCUT2D eigenvalue weighted by Gasteiger charge is 2.18. The zero-order chi connectivity index (χ0) is 19.0. The van der Waals surface area contributed by atoms with Crippen LogP contribution in [0.1, 0.15) is 17.5 Å². The third-order valence-corrected chi connectivity index (χ3v) is 4.77. The van der Waals surface area contributed by atoms with Crippen LogP contribution < -0.4 is 15.6 Å². The monoisotopic (exact) mass is 369 g/mol. The van der Waals surface area contributed by atoms with Crippen LogP contribution in [0, 0.1) is 5.82 Å². The summed E-state index contributed by atoms with van der Waals surface area (Å²) in [5, 5.41) is 7.16. The van der Waals surface area contributed by atoms with Gasteiger partial charge in [0.15, 0.2) is 0 Å². The first kappa shape index (κ1) is 17.3. The second-order valence-electron chi connectivity index (χ2n) is 6.57. The van der Waals surface area contributed by atoms with Crippen molar-refractivity contribution in [3.63, 3.8) is 0 Å². The second-order valence-corrected chi connectivity index (χ2v) is 6.57. The summed E-state index contributed by atoms with van der Waals surface area (Å²) in [6, 6.07) is 3.09. The number of aromatic nitrogens is 4. The first-order valence-corrected chi connectivity index (χ1v) is 8.76. The predicted octanol–water partition coefficient (Wildman–Crippen LogP) is 2.26. The molecule has 0 unspecified atom stereocenters. The Morgan fingerprint density at radius 2 is 2.15 bits per heavy atom. The number of hydrogen-bond acceptors (Lipinski definition) is 5. The van der Waals surface area contributed by atoms with E-state index < -0.39 is 0 Å². The number of fused-ring (bicyclic) bond motifs is 1. The average Bonchev–Trinajstić information content (AvgIpc) is 3.10. The van der Waals surface area contributed by atoms with Gasteiger partial charge >= 0.3 is 0 Å². The second kappa shape index (κ2) is 6.86. The van der Waals surface area contributed by atoms with Gasteiger partial charge in [0, 0.05) is 49.7 Å². The molecular formula is C19H20FN5O2. The van der Waals surface area contributed by atoms with Gasteiger partial charge in [-0.25, -0.2) is 9.37 Å². The van der Waals surface area contributed by atoms with Crippen LogP contribution in [0.2, 0.25) is 0 Å². The van der Waals surface area contributed by atoms with Crippen LogP contribution in [0.3, 0.4) is 0 Å². The number of nitrogens with zero attached hydrogens (tertiary/aromatic N) is 4. The van der Waals surface area contributed by atoms with Crippen LogP contribution in [-0.2, 0) is 27.1 Å². The van der Waals surface area contributed by atoms with Gasteiger partial charge < -0.3 is 10.1 Å². The third kappa shape index (κ3) is 3.18. The number of hydrogen-bond donors (Lipinski definition) is 1. The topological polar surface area (TPSA) is 74.0 Å². The minimum Gasteiger partial charge on any atom is -0.493 e. The SMILES string of the molecule is Cn1cc(-c2cnc(NCc3c(F)ccc4c3CCCO4)n(C)c2=O)cn1. The zero-order valence-corrected chi connectivity index (χ0v) is 15.2. The van der Waals surface area contributed by atoms with E-state index in [9.17, 15) is 9.18 Å². The van der Waals surface area contributed by atoms with Crippen LogP contribution in [0.5, 0.6) is 5.75 Å². The summed E-state index contributed by atoms with van der Waals surface area (Å²) in [6.45, 7) is 0.877. The van der Waals surface area contributed by atoms with E-state index >= 15 is 0 Å². The molecule has 0 bridgehead atoms. The Hall–Kier alpha value is -3.16. The summed E-state index contributed by atoms with van der Waals surface area (Å²) in [6.07, 6.45) is 6.53. The Labute approximate surface area is 155 Å². The van der Waals surface area contributed by atoms with Crippen molar-refractivity contribution in [2.75, 3.05) is 11.9 Å². The van der Waals surface area contributed by atoms with E-state index in [-0.39, 0.29) is 17.9 Å². The molecular weight excluding hydrogens is 349 g/mol. The lowest BCUT2D eigenvalue weighted by Gasteiger charge is -2.21. The van der Waals surface area contributed by atoms with Crippen molar-refractivity contribution in [3.05, 3.63) is 58.0 Å². The van der Waals surface area contributed by atoms with Gasteiger partial charge in [-0.15, -0.1) is 0 Å². The van der Waals surface area contributed by atoms with Gasteiger partial charge in [0.25, 0.3) is 5.56 Å². The van der Waals surface area contributed by atoms with Gasteiger partial charge in [0.1, 0.15) is 11.6 Å². The molecule has 7 nitrogen and oxygen atoms in total. The molecule has 0 atom stereocenters. The van der Waals surface area contributed by atoms with Crippen LogP contribution in [0.25, 0.3) is 11.1 Å². The molecule has 0 radical (unpaired) electrons. The molecule has 4 rings (SSSR count). The van der Waals surface area contributed by atoms with Gasteiger partial charge in [0.2, 0.25) is 5.95 Å². The molecule has 0 saturated carbocycles. The highest BCUT2D eigenvalue weighted by molar-refractivity contribution is 5.60. The van der Waals surface area contributed by atoms with Crippen molar-refractivity contribution in [2.45, 2.75) is 19.4 Å². The van der Waals surface area contributed by atoms with Crippen molar-refractivity contribution in [1.29, 1.82) is 0 Å². The molecule has 8 heteroatoms. The zero-order valence-electron chi connectivity index (χ0n) is 15.2. The van der Waals surface area contributed by atoms with Crippen LogP contribution >= 0.6 is 0 Å². The molecule has 0 fully saturated rings. The number of rotatable bonds is 4. The lowest BCUT2D eigenvalue weighted by Crippen LogP contribution is -2.24. The first-order valence-electron chi connectivity index (χ1n) is 8.76. The summed E-state index contributed by atoms with van der Waals surface area (Å²) in [5.74, 6) is 0.818. The molecule has 0 saturated heterocycles. The van der Waals surface area contributed by atoms with Crippen LogP contribution in [0.15, 0.2) is 35.5 Å². The maximum atomic E-state index is 14.4. The Kier molecular flexibility index (Phi) is 4.39. The fourth-order valence-corrected chi connectivity index (χ4v) is 3.31. The summed E-state index contributed by atoms with van der Waals surface area (Å²) < 4.78 is 23.0. The molecule has 1 N–H and O–H groups in total. The number of nitrogens with one attached hydrogen (secondary N) is 1. The highest BCUT2D eigenvalue weighted by Crippen LogP contribution is 2.30. The molecule has 140 valence electrons. The Balaban J connectivity index is 1.61. The van der Waals surface area contributed by atoms with E-state index in [0.717, 1.165) is 24.2 Å². The maximum absolute atomic E-state index is 14.4. The molecule has 2 aromatic heterocycles. The summed E-state index contributed by atoms with van der Waals surface area (Å²) in [5.41, 5.74) is 2.41. The fraction of sp³-hybridized carbons (Fsp3) is 0.316. The standard InChI is InChI=1S/C19H20FN5O2/c1-24-11-12(8-23-24)14-9-21-19(25(2)18(14)26)22-10-15-13-4-3-7-27-17(13)6-5-16(15)20/h5-6,8-9,11H,3-4,7,10H2,1-2H3,(H,21,22). The average molecular weight is 369 g/mol. The van der Waals surface area contributed by atoms with Gasteiger partial charge in [-0.05, 0) is 25.0 Å². The van der Waals surface area contributed by atoms with Crippen LogP contribution in [0.4, 0.5) is 10.3 Å². The first-order chi connectivity index (χ1) is 13.0. The molecule has 0 aliphatic carbocycles. The Morgan fingerprint density at radius 3 is 2.93 bits per heavy atom.